The lowest BCUT2D eigenvalue weighted by molar-refractivity contribution is 0.426. The van der Waals surface area contributed by atoms with Crippen LogP contribution in [0.5, 0.6) is 0 Å². The third-order valence-corrected chi connectivity index (χ3v) is 3.49. The minimum Gasteiger partial charge on any atom is -0.469 e. The van der Waals surface area contributed by atoms with E-state index in [4.69, 9.17) is 4.42 Å². The van der Waals surface area contributed by atoms with Crippen molar-refractivity contribution in [3.05, 3.63) is 40.2 Å². The number of hydrogen-bond donors (Lipinski definition) is 1. The molecule has 0 saturated heterocycles. The van der Waals surface area contributed by atoms with Crippen molar-refractivity contribution in [2.45, 2.75) is 39.3 Å². The molecule has 2 aromatic heterocycles. The number of thiazole rings is 1. The Hall–Kier alpha value is -1.13. The molecule has 2 heterocycles. The third kappa shape index (κ3) is 3.41. The molecule has 1 N–H and O–H groups in total. The van der Waals surface area contributed by atoms with Gasteiger partial charge < -0.3 is 9.73 Å². The SMILES string of the molecule is Cc1nc(C(C)NC(C)Cc2ccco2)cs1. The van der Waals surface area contributed by atoms with E-state index in [0.717, 1.165) is 22.9 Å². The summed E-state index contributed by atoms with van der Waals surface area (Å²) in [6, 6.07) is 4.59. The van der Waals surface area contributed by atoms with E-state index >= 15 is 0 Å². The molecule has 4 heteroatoms. The first kappa shape index (κ1) is 12.3. The highest BCUT2D eigenvalue weighted by molar-refractivity contribution is 7.09. The molecule has 2 unspecified atom stereocenters. The number of rotatable bonds is 5. The smallest absolute Gasteiger partial charge is 0.105 e. The van der Waals surface area contributed by atoms with Crippen LogP contribution in [0.15, 0.2) is 28.2 Å². The molecule has 3 nitrogen and oxygen atoms in total. The Morgan fingerprint density at radius 3 is 2.88 bits per heavy atom. The van der Waals surface area contributed by atoms with Crippen LogP contribution in [-0.2, 0) is 6.42 Å². The van der Waals surface area contributed by atoms with Crippen LogP contribution in [0.4, 0.5) is 0 Å². The highest BCUT2D eigenvalue weighted by Gasteiger charge is 2.13. The lowest BCUT2D eigenvalue weighted by atomic mass is 10.1. The van der Waals surface area contributed by atoms with Gasteiger partial charge in [-0.2, -0.15) is 0 Å². The molecule has 0 bridgehead atoms. The van der Waals surface area contributed by atoms with Gasteiger partial charge in [-0.25, -0.2) is 4.98 Å². The zero-order chi connectivity index (χ0) is 12.3. The lowest BCUT2D eigenvalue weighted by Crippen LogP contribution is -2.30. The van der Waals surface area contributed by atoms with Gasteiger partial charge in [-0.3, -0.25) is 0 Å². The molecule has 0 amide bonds. The van der Waals surface area contributed by atoms with Crippen LogP contribution in [0.3, 0.4) is 0 Å². The van der Waals surface area contributed by atoms with Gasteiger partial charge in [-0.1, -0.05) is 0 Å². The summed E-state index contributed by atoms with van der Waals surface area (Å²) in [4.78, 5) is 4.49. The van der Waals surface area contributed by atoms with Crippen molar-refractivity contribution >= 4 is 11.3 Å². The predicted octanol–water partition coefficient (Wildman–Crippen LogP) is 3.33. The predicted molar refractivity (Wildman–Crippen MR) is 70.3 cm³/mol. The van der Waals surface area contributed by atoms with E-state index in [-0.39, 0.29) is 6.04 Å². The molecule has 2 atom stereocenters. The van der Waals surface area contributed by atoms with Crippen molar-refractivity contribution in [2.24, 2.45) is 0 Å². The Kier molecular flexibility index (Phi) is 3.97. The van der Waals surface area contributed by atoms with E-state index in [1.165, 1.54) is 0 Å². The van der Waals surface area contributed by atoms with E-state index in [0.29, 0.717) is 6.04 Å². The first-order chi connectivity index (χ1) is 8.15. The Morgan fingerprint density at radius 1 is 1.47 bits per heavy atom. The van der Waals surface area contributed by atoms with Crippen molar-refractivity contribution in [1.29, 1.82) is 0 Å². The third-order valence-electron chi connectivity index (χ3n) is 2.70. The largest absolute Gasteiger partial charge is 0.469 e. The number of nitrogens with one attached hydrogen (secondary N) is 1. The molecule has 0 spiro atoms. The van der Waals surface area contributed by atoms with Crippen molar-refractivity contribution < 1.29 is 4.42 Å². The van der Waals surface area contributed by atoms with Crippen LogP contribution in [0, 0.1) is 6.92 Å². The molecule has 2 aromatic rings. The highest BCUT2D eigenvalue weighted by atomic mass is 32.1. The van der Waals surface area contributed by atoms with Crippen LogP contribution in [0.1, 0.15) is 36.4 Å². The van der Waals surface area contributed by atoms with E-state index < -0.39 is 0 Å². The second-order valence-electron chi connectivity index (χ2n) is 4.36. The van der Waals surface area contributed by atoms with Crippen molar-refractivity contribution in [3.8, 4) is 0 Å². The van der Waals surface area contributed by atoms with E-state index in [1.807, 2.05) is 19.1 Å². The van der Waals surface area contributed by atoms with E-state index in [9.17, 15) is 0 Å². The second kappa shape index (κ2) is 5.47. The molecule has 0 aliphatic carbocycles. The van der Waals surface area contributed by atoms with Crippen LogP contribution in [-0.4, -0.2) is 11.0 Å². The quantitative estimate of drug-likeness (QED) is 0.884. The molecular formula is C13H18N2OS. The summed E-state index contributed by atoms with van der Waals surface area (Å²) in [7, 11) is 0. The minimum atomic E-state index is 0.282. The standard InChI is InChI=1S/C13H18N2OS/c1-9(7-12-5-4-6-16-12)14-10(2)13-8-17-11(3)15-13/h4-6,8-10,14H,7H2,1-3H3. The van der Waals surface area contributed by atoms with Gasteiger partial charge in [-0.05, 0) is 32.9 Å². The Bertz CT molecular complexity index is 450. The summed E-state index contributed by atoms with van der Waals surface area (Å²) in [5, 5.41) is 6.77. The second-order valence-corrected chi connectivity index (χ2v) is 5.43. The van der Waals surface area contributed by atoms with Crippen LogP contribution >= 0.6 is 11.3 Å². The molecule has 0 aromatic carbocycles. The normalized spacial score (nSPS) is 14.8. The fourth-order valence-corrected chi connectivity index (χ4v) is 2.59. The zero-order valence-electron chi connectivity index (χ0n) is 10.4. The summed E-state index contributed by atoms with van der Waals surface area (Å²) < 4.78 is 5.34. The van der Waals surface area contributed by atoms with Crippen molar-refractivity contribution in [3.63, 3.8) is 0 Å². The van der Waals surface area contributed by atoms with Gasteiger partial charge in [0, 0.05) is 23.9 Å². The maximum absolute atomic E-state index is 5.34. The maximum Gasteiger partial charge on any atom is 0.105 e. The topological polar surface area (TPSA) is 38.1 Å². The molecular weight excluding hydrogens is 232 g/mol. The summed E-state index contributed by atoms with van der Waals surface area (Å²) in [6.45, 7) is 6.35. The highest BCUT2D eigenvalue weighted by Crippen LogP contribution is 2.16. The number of furan rings is 1. The number of aromatic nitrogens is 1. The van der Waals surface area contributed by atoms with Gasteiger partial charge in [0.05, 0.1) is 17.0 Å². The van der Waals surface area contributed by atoms with Crippen molar-refractivity contribution in [1.82, 2.24) is 10.3 Å². The molecule has 0 aliphatic heterocycles. The van der Waals surface area contributed by atoms with Gasteiger partial charge in [-0.15, -0.1) is 11.3 Å². The molecule has 0 saturated carbocycles. The summed E-state index contributed by atoms with van der Waals surface area (Å²) in [5.74, 6) is 1.02. The number of hydrogen-bond acceptors (Lipinski definition) is 4. The van der Waals surface area contributed by atoms with Gasteiger partial charge in [0.25, 0.3) is 0 Å². The molecule has 92 valence electrons. The van der Waals surface area contributed by atoms with Crippen LogP contribution < -0.4 is 5.32 Å². The average Bonchev–Trinajstić information content (AvgIpc) is 2.89. The fourth-order valence-electron chi connectivity index (χ4n) is 1.88. The first-order valence-electron chi connectivity index (χ1n) is 5.85. The van der Waals surface area contributed by atoms with Crippen LogP contribution in [0.25, 0.3) is 0 Å². The van der Waals surface area contributed by atoms with Gasteiger partial charge in [0.2, 0.25) is 0 Å². The molecule has 0 radical (unpaired) electrons. The maximum atomic E-state index is 5.34. The van der Waals surface area contributed by atoms with Crippen LogP contribution in [0.2, 0.25) is 0 Å². The molecule has 17 heavy (non-hydrogen) atoms. The zero-order valence-corrected chi connectivity index (χ0v) is 11.3. The number of aryl methyl sites for hydroxylation is 1. The Labute approximate surface area is 106 Å². The first-order valence-corrected chi connectivity index (χ1v) is 6.73. The summed E-state index contributed by atoms with van der Waals surface area (Å²) in [5.41, 5.74) is 1.12. The fraction of sp³-hybridized carbons (Fsp3) is 0.462. The summed E-state index contributed by atoms with van der Waals surface area (Å²) >= 11 is 1.70. The van der Waals surface area contributed by atoms with Crippen molar-refractivity contribution in [2.75, 3.05) is 0 Å². The van der Waals surface area contributed by atoms with Gasteiger partial charge in [0.1, 0.15) is 5.76 Å². The Balaban J connectivity index is 1.88. The monoisotopic (exact) mass is 250 g/mol. The Morgan fingerprint density at radius 2 is 2.29 bits per heavy atom. The summed E-state index contributed by atoms with van der Waals surface area (Å²) in [6.07, 6.45) is 2.62. The minimum absolute atomic E-state index is 0.282. The van der Waals surface area contributed by atoms with E-state index in [1.54, 1.807) is 17.6 Å². The number of nitrogens with zero attached hydrogens (tertiary/aromatic N) is 1. The average molecular weight is 250 g/mol. The lowest BCUT2D eigenvalue weighted by Gasteiger charge is -2.17. The molecule has 0 aliphatic rings. The molecule has 2 rings (SSSR count). The van der Waals surface area contributed by atoms with Gasteiger partial charge >= 0.3 is 0 Å². The van der Waals surface area contributed by atoms with Gasteiger partial charge in [0.15, 0.2) is 0 Å². The van der Waals surface area contributed by atoms with E-state index in [2.05, 4.69) is 29.5 Å². The molecule has 0 fully saturated rings.